The van der Waals surface area contributed by atoms with Crippen LogP contribution in [-0.2, 0) is 6.54 Å². The van der Waals surface area contributed by atoms with E-state index in [1.807, 2.05) is 12.1 Å². The van der Waals surface area contributed by atoms with Crippen molar-refractivity contribution in [3.05, 3.63) is 70.1 Å². The second kappa shape index (κ2) is 8.68. The molecule has 0 saturated carbocycles. The molecule has 3 rings (SSSR count). The molecule has 0 saturated heterocycles. The molecule has 0 radical (unpaired) electrons. The lowest BCUT2D eigenvalue weighted by Gasteiger charge is -2.11. The Bertz CT molecular complexity index is 1110. The van der Waals surface area contributed by atoms with Crippen LogP contribution in [0.3, 0.4) is 0 Å². The number of hydrogen-bond acceptors (Lipinski definition) is 5. The maximum Gasteiger partial charge on any atom is 0.292 e. The third-order valence-corrected chi connectivity index (χ3v) is 4.65. The van der Waals surface area contributed by atoms with Crippen molar-refractivity contribution in [2.24, 2.45) is 11.0 Å². The quantitative estimate of drug-likeness (QED) is 0.383. The average molecular weight is 391 g/mol. The largest absolute Gasteiger partial charge is 0.399 e. The number of hydrogen-bond donors (Lipinski definition) is 2. The van der Waals surface area contributed by atoms with Crippen LogP contribution in [0.25, 0.3) is 10.8 Å². The zero-order chi connectivity index (χ0) is 21.0. The van der Waals surface area contributed by atoms with E-state index in [4.69, 9.17) is 5.73 Å². The highest BCUT2D eigenvalue weighted by Gasteiger charge is 2.16. The van der Waals surface area contributed by atoms with Crippen molar-refractivity contribution in [1.29, 1.82) is 0 Å². The topological polar surface area (TPSA) is 102 Å². The first-order valence-corrected chi connectivity index (χ1v) is 9.57. The maximum absolute atomic E-state index is 12.8. The lowest BCUT2D eigenvalue weighted by Crippen LogP contribution is -2.29. The fourth-order valence-corrected chi connectivity index (χ4v) is 2.91. The fourth-order valence-electron chi connectivity index (χ4n) is 2.91. The van der Waals surface area contributed by atoms with Crippen molar-refractivity contribution in [2.45, 2.75) is 33.7 Å². The number of nitrogens with one attached hydrogen (secondary N) is 1. The Morgan fingerprint density at radius 1 is 1.14 bits per heavy atom. The Balaban J connectivity index is 1.94. The average Bonchev–Trinajstić information content (AvgIpc) is 2.72. The van der Waals surface area contributed by atoms with E-state index in [-0.39, 0.29) is 11.3 Å². The molecule has 3 aromatic rings. The molecule has 0 aliphatic heterocycles. The number of aryl methyl sites for hydroxylation is 1. The standard InChI is InChI=1S/C22H25N5O2/c1-14(2)12-13-27-22(29)19-7-5-4-6-18(19)20(26-27)21(28)25-24-15(3)16-8-10-17(23)11-9-16/h4-11,14H,12-13,23H2,1-3H3,(H,25,28)/b24-15-. The van der Waals surface area contributed by atoms with Crippen LogP contribution in [0.2, 0.25) is 0 Å². The van der Waals surface area contributed by atoms with E-state index in [1.54, 1.807) is 43.3 Å². The summed E-state index contributed by atoms with van der Waals surface area (Å²) in [5.74, 6) is -0.0473. The van der Waals surface area contributed by atoms with Crippen LogP contribution >= 0.6 is 0 Å². The summed E-state index contributed by atoms with van der Waals surface area (Å²) in [5, 5.41) is 9.50. The van der Waals surface area contributed by atoms with Gasteiger partial charge in [0.05, 0.1) is 11.1 Å². The minimum Gasteiger partial charge on any atom is -0.399 e. The first-order chi connectivity index (χ1) is 13.9. The molecule has 0 fully saturated rings. The molecule has 0 atom stereocenters. The molecule has 0 aliphatic carbocycles. The number of fused-ring (bicyclic) bond motifs is 1. The molecule has 0 bridgehead atoms. The van der Waals surface area contributed by atoms with Gasteiger partial charge in [-0.05, 0) is 43.0 Å². The second-order valence-corrected chi connectivity index (χ2v) is 7.37. The van der Waals surface area contributed by atoms with Crippen molar-refractivity contribution in [2.75, 3.05) is 5.73 Å². The van der Waals surface area contributed by atoms with E-state index in [9.17, 15) is 9.59 Å². The second-order valence-electron chi connectivity index (χ2n) is 7.37. The highest BCUT2D eigenvalue weighted by atomic mass is 16.2. The Hall–Kier alpha value is -3.48. The third-order valence-electron chi connectivity index (χ3n) is 4.65. The predicted octanol–water partition coefficient (Wildman–Crippen LogP) is 3.18. The van der Waals surface area contributed by atoms with Gasteiger partial charge < -0.3 is 5.73 Å². The lowest BCUT2D eigenvalue weighted by molar-refractivity contribution is 0.0949. The number of amides is 1. The smallest absolute Gasteiger partial charge is 0.292 e. The Morgan fingerprint density at radius 2 is 1.79 bits per heavy atom. The first kappa shape index (κ1) is 20.3. The number of hydrazone groups is 1. The number of benzene rings is 2. The summed E-state index contributed by atoms with van der Waals surface area (Å²) in [5.41, 5.74) is 10.4. The van der Waals surface area contributed by atoms with Crippen molar-refractivity contribution in [1.82, 2.24) is 15.2 Å². The monoisotopic (exact) mass is 391 g/mol. The number of nitrogens with two attached hydrogens (primary N) is 1. The highest BCUT2D eigenvalue weighted by molar-refractivity contribution is 6.06. The van der Waals surface area contributed by atoms with E-state index in [0.29, 0.717) is 34.6 Å². The van der Waals surface area contributed by atoms with E-state index >= 15 is 0 Å². The number of carbonyl (C=O) groups excluding carboxylic acids is 1. The molecule has 1 heterocycles. The van der Waals surface area contributed by atoms with Crippen LogP contribution in [0.4, 0.5) is 5.69 Å². The summed E-state index contributed by atoms with van der Waals surface area (Å²) in [6, 6.07) is 14.2. The van der Waals surface area contributed by atoms with Crippen molar-refractivity contribution in [3.8, 4) is 0 Å². The van der Waals surface area contributed by atoms with Gasteiger partial charge in [0.2, 0.25) is 0 Å². The Kier molecular flexibility index (Phi) is 6.07. The van der Waals surface area contributed by atoms with Gasteiger partial charge in [0.1, 0.15) is 0 Å². The fraction of sp³-hybridized carbons (Fsp3) is 0.273. The molecule has 3 N–H and O–H groups in total. The molecule has 1 aromatic heterocycles. The van der Waals surface area contributed by atoms with Crippen molar-refractivity contribution >= 4 is 28.1 Å². The minimum atomic E-state index is -0.464. The molecule has 0 unspecified atom stereocenters. The summed E-state index contributed by atoms with van der Waals surface area (Å²) < 4.78 is 1.37. The normalized spacial score (nSPS) is 11.8. The van der Waals surface area contributed by atoms with E-state index < -0.39 is 5.91 Å². The molecular weight excluding hydrogens is 366 g/mol. The van der Waals surface area contributed by atoms with Crippen molar-refractivity contribution in [3.63, 3.8) is 0 Å². The number of anilines is 1. The summed E-state index contributed by atoms with van der Waals surface area (Å²) in [6.07, 6.45) is 0.792. The van der Waals surface area contributed by atoms with E-state index in [2.05, 4.69) is 29.5 Å². The number of aromatic nitrogens is 2. The van der Waals surface area contributed by atoms with Crippen LogP contribution in [0.5, 0.6) is 0 Å². The molecule has 0 spiro atoms. The summed E-state index contributed by atoms with van der Waals surface area (Å²) in [4.78, 5) is 25.6. The zero-order valence-electron chi connectivity index (χ0n) is 16.8. The SMILES string of the molecule is C/C(=N/NC(=O)c1nn(CCC(C)C)c(=O)c2ccccc12)c1ccc(N)cc1. The van der Waals surface area contributed by atoms with Gasteiger partial charge in [-0.3, -0.25) is 9.59 Å². The summed E-state index contributed by atoms with van der Waals surface area (Å²) in [7, 11) is 0. The number of carbonyl (C=O) groups is 1. The van der Waals surface area contributed by atoms with Gasteiger partial charge in [-0.15, -0.1) is 0 Å². The van der Waals surface area contributed by atoms with Crippen molar-refractivity contribution < 1.29 is 4.79 Å². The molecule has 2 aromatic carbocycles. The first-order valence-electron chi connectivity index (χ1n) is 9.57. The molecule has 150 valence electrons. The van der Waals surface area contributed by atoms with Crippen LogP contribution < -0.4 is 16.7 Å². The molecule has 7 nitrogen and oxygen atoms in total. The van der Waals surface area contributed by atoms with Gasteiger partial charge in [-0.1, -0.05) is 44.2 Å². The third kappa shape index (κ3) is 4.68. The summed E-state index contributed by atoms with van der Waals surface area (Å²) in [6.45, 7) is 6.40. The number of nitrogen functional groups attached to an aromatic ring is 1. The van der Waals surface area contributed by atoms with Gasteiger partial charge in [0.25, 0.3) is 11.5 Å². The van der Waals surface area contributed by atoms with Gasteiger partial charge in [0, 0.05) is 17.6 Å². The van der Waals surface area contributed by atoms with Gasteiger partial charge in [-0.2, -0.15) is 10.2 Å². The molecule has 29 heavy (non-hydrogen) atoms. The minimum absolute atomic E-state index is 0.179. The summed E-state index contributed by atoms with van der Waals surface area (Å²) >= 11 is 0. The zero-order valence-corrected chi connectivity index (χ0v) is 16.8. The van der Waals surface area contributed by atoms with Gasteiger partial charge >= 0.3 is 0 Å². The molecular formula is C22H25N5O2. The van der Waals surface area contributed by atoms with Crippen LogP contribution in [-0.4, -0.2) is 21.4 Å². The highest BCUT2D eigenvalue weighted by Crippen LogP contribution is 2.14. The molecule has 1 amide bonds. The Labute approximate surface area is 169 Å². The van der Waals surface area contributed by atoms with Gasteiger partial charge in [0.15, 0.2) is 5.69 Å². The molecule has 7 heteroatoms. The van der Waals surface area contributed by atoms with E-state index in [0.717, 1.165) is 12.0 Å². The number of rotatable bonds is 6. The lowest BCUT2D eigenvalue weighted by atomic mass is 10.1. The Morgan fingerprint density at radius 3 is 2.45 bits per heavy atom. The van der Waals surface area contributed by atoms with E-state index in [1.165, 1.54) is 4.68 Å². The van der Waals surface area contributed by atoms with Crippen LogP contribution in [0.15, 0.2) is 58.4 Å². The van der Waals surface area contributed by atoms with Crippen LogP contribution in [0, 0.1) is 5.92 Å². The maximum atomic E-state index is 12.8. The van der Waals surface area contributed by atoms with Crippen LogP contribution in [0.1, 0.15) is 43.2 Å². The predicted molar refractivity (Wildman–Crippen MR) is 116 cm³/mol. The van der Waals surface area contributed by atoms with Gasteiger partial charge in [-0.25, -0.2) is 10.1 Å². The number of nitrogens with zero attached hydrogens (tertiary/aromatic N) is 3. The molecule has 0 aliphatic rings.